The third-order valence-corrected chi connectivity index (χ3v) is 6.40. The number of benzene rings is 1. The number of sulfonamides is 1. The molecule has 0 bridgehead atoms. The smallest absolute Gasteiger partial charge is 0.244 e. The van der Waals surface area contributed by atoms with Crippen LogP contribution in [0.25, 0.3) is 0 Å². The second kappa shape index (κ2) is 8.59. The molecule has 0 aliphatic rings. The Bertz CT molecular complexity index is 565. The molecule has 120 valence electrons. The van der Waals surface area contributed by atoms with Crippen molar-refractivity contribution in [3.63, 3.8) is 0 Å². The molecule has 5 nitrogen and oxygen atoms in total. The zero-order chi connectivity index (χ0) is 16.0. The summed E-state index contributed by atoms with van der Waals surface area (Å²) in [6.07, 6.45) is 0. The van der Waals surface area contributed by atoms with Gasteiger partial charge in [-0.1, -0.05) is 15.9 Å². The summed E-state index contributed by atoms with van der Waals surface area (Å²) in [4.78, 5) is 0.218. The molecule has 0 aliphatic heterocycles. The third kappa shape index (κ3) is 5.01. The molecular weight excluding hydrogens is 426 g/mol. The molecular formula is C13H19Br2NO4S. The molecule has 1 rings (SSSR count). The maximum atomic E-state index is 12.9. The van der Waals surface area contributed by atoms with Crippen molar-refractivity contribution in [1.82, 2.24) is 4.31 Å². The third-order valence-electron chi connectivity index (χ3n) is 2.90. The Labute approximate surface area is 142 Å². The molecule has 0 N–H and O–H groups in total. The molecule has 1 aromatic rings. The van der Waals surface area contributed by atoms with E-state index in [4.69, 9.17) is 9.47 Å². The highest BCUT2D eigenvalue weighted by Gasteiger charge is 2.30. The van der Waals surface area contributed by atoms with Gasteiger partial charge in [-0.15, -0.1) is 0 Å². The Morgan fingerprint density at radius 3 is 2.48 bits per heavy atom. The van der Waals surface area contributed by atoms with Gasteiger partial charge in [0.05, 0.1) is 18.1 Å². The van der Waals surface area contributed by atoms with Crippen LogP contribution < -0.4 is 0 Å². The lowest BCUT2D eigenvalue weighted by molar-refractivity contribution is 0.119. The first-order valence-electron chi connectivity index (χ1n) is 6.29. The van der Waals surface area contributed by atoms with Crippen molar-refractivity contribution in [2.45, 2.75) is 17.9 Å². The van der Waals surface area contributed by atoms with E-state index in [1.807, 2.05) is 6.92 Å². The van der Waals surface area contributed by atoms with Crippen LogP contribution in [0, 0.1) is 0 Å². The van der Waals surface area contributed by atoms with Crippen molar-refractivity contribution in [2.24, 2.45) is 0 Å². The first kappa shape index (κ1) is 19.1. The fourth-order valence-electron chi connectivity index (χ4n) is 1.88. The first-order valence-corrected chi connectivity index (χ1v) is 9.32. The lowest BCUT2D eigenvalue weighted by atomic mass is 10.3. The molecule has 0 radical (unpaired) electrons. The normalized spacial score (nSPS) is 13.6. The predicted octanol–water partition coefficient (Wildman–Crippen LogP) is 2.88. The molecule has 0 aromatic heterocycles. The molecule has 0 saturated heterocycles. The van der Waals surface area contributed by atoms with Gasteiger partial charge in [0.2, 0.25) is 10.0 Å². The standard InChI is InChI=1S/C13H19Br2NO4S/c1-10(9-20-3)16(6-7-19-2)21(17,18)13-8-11(14)4-5-12(13)15/h4-5,8,10H,6-7,9H2,1-3H3. The summed E-state index contributed by atoms with van der Waals surface area (Å²) in [6.45, 7) is 2.71. The van der Waals surface area contributed by atoms with Crippen molar-refractivity contribution in [3.8, 4) is 0 Å². The zero-order valence-electron chi connectivity index (χ0n) is 12.2. The number of ether oxygens (including phenoxy) is 2. The highest BCUT2D eigenvalue weighted by molar-refractivity contribution is 9.11. The fraction of sp³-hybridized carbons (Fsp3) is 0.538. The van der Waals surface area contributed by atoms with Gasteiger partial charge in [0.1, 0.15) is 0 Å². The maximum absolute atomic E-state index is 12.9. The van der Waals surface area contributed by atoms with E-state index in [-0.39, 0.29) is 17.5 Å². The van der Waals surface area contributed by atoms with Crippen LogP contribution in [-0.2, 0) is 19.5 Å². The summed E-state index contributed by atoms with van der Waals surface area (Å²) < 4.78 is 38.5. The van der Waals surface area contributed by atoms with E-state index in [1.54, 1.807) is 32.4 Å². The molecule has 0 aliphatic carbocycles. The monoisotopic (exact) mass is 443 g/mol. The second-order valence-electron chi connectivity index (χ2n) is 4.49. The zero-order valence-corrected chi connectivity index (χ0v) is 16.2. The molecule has 0 saturated carbocycles. The van der Waals surface area contributed by atoms with E-state index in [0.717, 1.165) is 0 Å². The average Bonchev–Trinajstić information content (AvgIpc) is 2.42. The Kier molecular flexibility index (Phi) is 7.80. The number of halogens is 2. The van der Waals surface area contributed by atoms with Crippen LogP contribution in [0.1, 0.15) is 6.92 Å². The summed E-state index contributed by atoms with van der Waals surface area (Å²) in [5, 5.41) is 0. The molecule has 21 heavy (non-hydrogen) atoms. The summed E-state index contributed by atoms with van der Waals surface area (Å²) >= 11 is 6.61. The van der Waals surface area contributed by atoms with Crippen LogP contribution in [0.15, 0.2) is 32.0 Å². The highest BCUT2D eigenvalue weighted by atomic mass is 79.9. The van der Waals surface area contributed by atoms with Gasteiger partial charge in [-0.25, -0.2) is 8.42 Å². The van der Waals surface area contributed by atoms with Crippen molar-refractivity contribution < 1.29 is 17.9 Å². The van der Waals surface area contributed by atoms with Crippen LogP contribution in [0.5, 0.6) is 0 Å². The maximum Gasteiger partial charge on any atom is 0.244 e. The first-order chi connectivity index (χ1) is 9.84. The molecule has 1 aromatic carbocycles. The average molecular weight is 445 g/mol. The minimum Gasteiger partial charge on any atom is -0.383 e. The van der Waals surface area contributed by atoms with E-state index in [1.165, 1.54) is 4.31 Å². The van der Waals surface area contributed by atoms with E-state index in [2.05, 4.69) is 31.9 Å². The highest BCUT2D eigenvalue weighted by Crippen LogP contribution is 2.29. The topological polar surface area (TPSA) is 55.8 Å². The van der Waals surface area contributed by atoms with Gasteiger partial charge in [-0.3, -0.25) is 0 Å². The van der Waals surface area contributed by atoms with Crippen molar-refractivity contribution in [2.75, 3.05) is 34.0 Å². The minimum absolute atomic E-state index is 0.218. The van der Waals surface area contributed by atoms with Crippen molar-refractivity contribution in [1.29, 1.82) is 0 Å². The predicted molar refractivity (Wildman–Crippen MR) is 88.9 cm³/mol. The molecule has 0 heterocycles. The van der Waals surface area contributed by atoms with Gasteiger partial charge in [0.15, 0.2) is 0 Å². The lowest BCUT2D eigenvalue weighted by Gasteiger charge is -2.28. The van der Waals surface area contributed by atoms with Crippen molar-refractivity contribution in [3.05, 3.63) is 27.1 Å². The summed E-state index contributed by atoms with van der Waals surface area (Å²) in [5.41, 5.74) is 0. The number of nitrogens with zero attached hydrogens (tertiary/aromatic N) is 1. The molecule has 0 fully saturated rings. The molecule has 8 heteroatoms. The van der Waals surface area contributed by atoms with Crippen LogP contribution in [0.3, 0.4) is 0 Å². The van der Waals surface area contributed by atoms with E-state index < -0.39 is 10.0 Å². The number of hydrogen-bond acceptors (Lipinski definition) is 4. The fourth-order valence-corrected chi connectivity index (χ4v) is 4.95. The Balaban J connectivity index is 3.22. The van der Waals surface area contributed by atoms with E-state index in [9.17, 15) is 8.42 Å². The van der Waals surface area contributed by atoms with Crippen LogP contribution in [0.4, 0.5) is 0 Å². The van der Waals surface area contributed by atoms with E-state index >= 15 is 0 Å². The summed E-state index contributed by atoms with van der Waals surface area (Å²) in [6, 6.07) is 4.77. The van der Waals surface area contributed by atoms with Gasteiger partial charge in [0.25, 0.3) is 0 Å². The Morgan fingerprint density at radius 1 is 1.24 bits per heavy atom. The number of methoxy groups -OCH3 is 2. The number of hydrogen-bond donors (Lipinski definition) is 0. The lowest BCUT2D eigenvalue weighted by Crippen LogP contribution is -2.43. The van der Waals surface area contributed by atoms with Gasteiger partial charge in [-0.05, 0) is 41.1 Å². The van der Waals surface area contributed by atoms with Gasteiger partial charge in [0, 0.05) is 35.8 Å². The SMILES string of the molecule is COCCN(C(C)COC)S(=O)(=O)c1cc(Br)ccc1Br. The van der Waals surface area contributed by atoms with Crippen LogP contribution in [-0.4, -0.2) is 52.7 Å². The molecule has 1 unspecified atom stereocenters. The van der Waals surface area contributed by atoms with Crippen LogP contribution in [0.2, 0.25) is 0 Å². The van der Waals surface area contributed by atoms with Crippen LogP contribution >= 0.6 is 31.9 Å². The van der Waals surface area contributed by atoms with Gasteiger partial charge in [-0.2, -0.15) is 4.31 Å². The Hall–Kier alpha value is 0.01000. The van der Waals surface area contributed by atoms with Gasteiger partial charge < -0.3 is 9.47 Å². The largest absolute Gasteiger partial charge is 0.383 e. The van der Waals surface area contributed by atoms with E-state index in [0.29, 0.717) is 22.2 Å². The molecule has 0 amide bonds. The van der Waals surface area contributed by atoms with Crippen molar-refractivity contribution >= 4 is 41.9 Å². The quantitative estimate of drug-likeness (QED) is 0.618. The van der Waals surface area contributed by atoms with Gasteiger partial charge >= 0.3 is 0 Å². The minimum atomic E-state index is -3.65. The molecule has 1 atom stereocenters. The number of rotatable bonds is 8. The Morgan fingerprint density at radius 2 is 1.90 bits per heavy atom. The summed E-state index contributed by atoms with van der Waals surface area (Å²) in [7, 11) is -0.561. The second-order valence-corrected chi connectivity index (χ2v) is 8.12. The molecule has 0 spiro atoms. The summed E-state index contributed by atoms with van der Waals surface area (Å²) in [5.74, 6) is 0.